The van der Waals surface area contributed by atoms with Crippen LogP contribution in [-0.2, 0) is 11.3 Å². The van der Waals surface area contributed by atoms with Crippen LogP contribution in [0, 0.1) is 5.92 Å². The van der Waals surface area contributed by atoms with Gasteiger partial charge in [0.05, 0.1) is 11.6 Å². The number of aryl methyl sites for hydroxylation is 1. The molecule has 2 unspecified atom stereocenters. The molecule has 0 bridgehead atoms. The smallest absolute Gasteiger partial charge is 0.228 e. The van der Waals surface area contributed by atoms with Crippen LogP contribution in [0.15, 0.2) is 30.6 Å². The Kier molecular flexibility index (Phi) is 6.52. The van der Waals surface area contributed by atoms with Gasteiger partial charge in [0, 0.05) is 18.2 Å². The largest absolute Gasteiger partial charge is 0.327 e. The van der Waals surface area contributed by atoms with Crippen LogP contribution >= 0.6 is 12.4 Å². The molecule has 0 saturated carbocycles. The average Bonchev–Trinajstić information content (AvgIpc) is 2.95. The summed E-state index contributed by atoms with van der Waals surface area (Å²) in [6.07, 6.45) is 1.68. The highest BCUT2D eigenvalue weighted by molar-refractivity contribution is 5.96. The van der Waals surface area contributed by atoms with Gasteiger partial charge < -0.3 is 15.6 Å². The second-order valence-electron chi connectivity index (χ2n) is 5.12. The van der Waals surface area contributed by atoms with E-state index in [1.54, 1.807) is 6.33 Å². The van der Waals surface area contributed by atoms with Crippen LogP contribution < -0.4 is 11.1 Å². The number of nitrogens with two attached hydrogens (primary N) is 1. The number of aromatic nitrogens is 3. The Balaban J connectivity index is 0.00000242. The molecule has 2 aromatic rings. The molecule has 120 valence electrons. The minimum absolute atomic E-state index is 0. The Morgan fingerprint density at radius 1 is 1.36 bits per heavy atom. The number of nitrogens with one attached hydrogen (secondary N) is 1. The number of anilines is 1. The van der Waals surface area contributed by atoms with Gasteiger partial charge in [0.15, 0.2) is 5.82 Å². The van der Waals surface area contributed by atoms with Gasteiger partial charge >= 0.3 is 0 Å². The summed E-state index contributed by atoms with van der Waals surface area (Å²) in [5.74, 6) is 0.379. The average molecular weight is 324 g/mol. The van der Waals surface area contributed by atoms with Crippen molar-refractivity contribution in [1.82, 2.24) is 14.8 Å². The van der Waals surface area contributed by atoms with Crippen molar-refractivity contribution in [1.29, 1.82) is 0 Å². The van der Waals surface area contributed by atoms with Gasteiger partial charge in [0.2, 0.25) is 5.91 Å². The second kappa shape index (κ2) is 7.91. The van der Waals surface area contributed by atoms with Crippen LogP contribution in [0.25, 0.3) is 11.4 Å². The molecule has 2 rings (SSSR count). The number of amides is 1. The molecule has 0 radical (unpaired) electrons. The highest BCUT2D eigenvalue weighted by atomic mass is 35.5. The summed E-state index contributed by atoms with van der Waals surface area (Å²) in [5.41, 5.74) is 7.35. The molecule has 0 aliphatic carbocycles. The number of hydrogen-bond donors (Lipinski definition) is 2. The zero-order valence-corrected chi connectivity index (χ0v) is 13.8. The van der Waals surface area contributed by atoms with Gasteiger partial charge in [-0.15, -0.1) is 22.6 Å². The van der Waals surface area contributed by atoms with E-state index in [-0.39, 0.29) is 30.3 Å². The van der Waals surface area contributed by atoms with Crippen LogP contribution in [0.4, 0.5) is 5.69 Å². The lowest BCUT2D eigenvalue weighted by Crippen LogP contribution is -2.34. The van der Waals surface area contributed by atoms with E-state index in [0.29, 0.717) is 0 Å². The van der Waals surface area contributed by atoms with Crippen molar-refractivity contribution in [3.05, 3.63) is 30.6 Å². The van der Waals surface area contributed by atoms with Gasteiger partial charge in [0.25, 0.3) is 0 Å². The number of benzene rings is 1. The van der Waals surface area contributed by atoms with Gasteiger partial charge in [0.1, 0.15) is 6.33 Å². The van der Waals surface area contributed by atoms with Gasteiger partial charge in [-0.25, -0.2) is 0 Å². The predicted molar refractivity (Wildman–Crippen MR) is 89.8 cm³/mol. The number of hydrogen-bond acceptors (Lipinski definition) is 4. The number of rotatable bonds is 5. The topological polar surface area (TPSA) is 85.8 Å². The maximum Gasteiger partial charge on any atom is 0.228 e. The molecule has 0 spiro atoms. The molecule has 1 aromatic heterocycles. The van der Waals surface area contributed by atoms with E-state index < -0.39 is 0 Å². The maximum atomic E-state index is 12.2. The maximum absolute atomic E-state index is 12.2. The van der Waals surface area contributed by atoms with E-state index in [9.17, 15) is 4.79 Å². The monoisotopic (exact) mass is 323 g/mol. The number of nitrogens with zero attached hydrogens (tertiary/aromatic N) is 3. The van der Waals surface area contributed by atoms with Crippen molar-refractivity contribution >= 4 is 24.0 Å². The molecular formula is C15H22ClN5O. The molecule has 0 aliphatic rings. The summed E-state index contributed by atoms with van der Waals surface area (Å²) < 4.78 is 1.93. The van der Waals surface area contributed by atoms with Crippen molar-refractivity contribution in [2.45, 2.75) is 33.4 Å². The van der Waals surface area contributed by atoms with E-state index in [0.717, 1.165) is 23.6 Å². The van der Waals surface area contributed by atoms with Gasteiger partial charge in [-0.3, -0.25) is 4.79 Å². The highest BCUT2D eigenvalue weighted by Crippen LogP contribution is 2.26. The molecule has 0 saturated heterocycles. The zero-order valence-electron chi connectivity index (χ0n) is 13.0. The van der Waals surface area contributed by atoms with Gasteiger partial charge in [-0.1, -0.05) is 19.1 Å². The number of carbonyl (C=O) groups excluding carboxylic acids is 1. The first-order chi connectivity index (χ1) is 10.0. The highest BCUT2D eigenvalue weighted by Gasteiger charge is 2.19. The molecule has 0 fully saturated rings. The Morgan fingerprint density at radius 3 is 2.68 bits per heavy atom. The lowest BCUT2D eigenvalue weighted by Gasteiger charge is -2.17. The molecule has 7 heteroatoms. The fourth-order valence-electron chi connectivity index (χ4n) is 1.97. The second-order valence-corrected chi connectivity index (χ2v) is 5.12. The summed E-state index contributed by atoms with van der Waals surface area (Å²) in [4.78, 5) is 12.2. The molecule has 0 aliphatic heterocycles. The summed E-state index contributed by atoms with van der Waals surface area (Å²) in [6, 6.07) is 7.37. The van der Waals surface area contributed by atoms with Crippen molar-refractivity contribution in [3.63, 3.8) is 0 Å². The molecular weight excluding hydrogens is 302 g/mol. The fraction of sp³-hybridized carbons (Fsp3) is 0.400. The van der Waals surface area contributed by atoms with Crippen LogP contribution in [-0.4, -0.2) is 26.7 Å². The van der Waals surface area contributed by atoms with E-state index in [1.807, 2.05) is 49.6 Å². The van der Waals surface area contributed by atoms with Crippen LogP contribution in [0.1, 0.15) is 20.8 Å². The standard InChI is InChI=1S/C15H21N5O.ClH/c1-4-20-9-17-19-14(20)12-7-5-6-8-13(12)18-15(21)10(2)11(3)16;/h5-11H,4,16H2,1-3H3,(H,18,21);1H. The molecule has 22 heavy (non-hydrogen) atoms. The first-order valence-corrected chi connectivity index (χ1v) is 7.08. The van der Waals surface area contributed by atoms with Gasteiger partial charge in [-0.2, -0.15) is 0 Å². The fourth-order valence-corrected chi connectivity index (χ4v) is 1.97. The van der Waals surface area contributed by atoms with Crippen LogP contribution in [0.3, 0.4) is 0 Å². The number of para-hydroxylation sites is 1. The first kappa shape index (κ1) is 18.1. The van der Waals surface area contributed by atoms with Crippen LogP contribution in [0.5, 0.6) is 0 Å². The van der Waals surface area contributed by atoms with Crippen molar-refractivity contribution < 1.29 is 4.79 Å². The van der Waals surface area contributed by atoms with E-state index in [2.05, 4.69) is 15.5 Å². The molecule has 1 amide bonds. The van der Waals surface area contributed by atoms with Crippen molar-refractivity contribution in [2.24, 2.45) is 11.7 Å². The summed E-state index contributed by atoms with van der Waals surface area (Å²) in [5, 5.41) is 11.0. The number of halogens is 1. The zero-order chi connectivity index (χ0) is 15.4. The molecule has 3 N–H and O–H groups in total. The van der Waals surface area contributed by atoms with Crippen LogP contribution in [0.2, 0.25) is 0 Å². The molecule has 1 aromatic carbocycles. The lowest BCUT2D eigenvalue weighted by atomic mass is 10.0. The number of carbonyl (C=O) groups is 1. The van der Waals surface area contributed by atoms with E-state index >= 15 is 0 Å². The molecule has 6 nitrogen and oxygen atoms in total. The molecule has 2 atom stereocenters. The Morgan fingerprint density at radius 2 is 2.05 bits per heavy atom. The third-order valence-corrected chi connectivity index (χ3v) is 3.58. The third kappa shape index (κ3) is 3.84. The summed E-state index contributed by atoms with van der Waals surface area (Å²) in [7, 11) is 0. The van der Waals surface area contributed by atoms with E-state index in [4.69, 9.17) is 5.73 Å². The third-order valence-electron chi connectivity index (χ3n) is 3.58. The SMILES string of the molecule is CCn1cnnc1-c1ccccc1NC(=O)C(C)C(C)N.Cl. The van der Waals surface area contributed by atoms with Crippen molar-refractivity contribution in [3.8, 4) is 11.4 Å². The minimum Gasteiger partial charge on any atom is -0.327 e. The van der Waals surface area contributed by atoms with Crippen molar-refractivity contribution in [2.75, 3.05) is 5.32 Å². The van der Waals surface area contributed by atoms with E-state index in [1.165, 1.54) is 0 Å². The summed E-state index contributed by atoms with van der Waals surface area (Å²) in [6.45, 7) is 6.42. The Labute approximate surface area is 136 Å². The first-order valence-electron chi connectivity index (χ1n) is 7.08. The Bertz CT molecular complexity index is 626. The molecule has 1 heterocycles. The normalized spacial score (nSPS) is 13.1. The summed E-state index contributed by atoms with van der Waals surface area (Å²) >= 11 is 0. The Hall–Kier alpha value is -1.92. The predicted octanol–water partition coefficient (Wildman–Crippen LogP) is 2.31. The lowest BCUT2D eigenvalue weighted by molar-refractivity contribution is -0.119. The quantitative estimate of drug-likeness (QED) is 0.884. The minimum atomic E-state index is -0.262. The van der Waals surface area contributed by atoms with Gasteiger partial charge in [-0.05, 0) is 26.0 Å².